The predicted molar refractivity (Wildman–Crippen MR) is 91.6 cm³/mol. The number of ether oxygens (including phenoxy) is 1. The van der Waals surface area contributed by atoms with Crippen molar-refractivity contribution in [2.45, 2.75) is 83.3 Å². The van der Waals surface area contributed by atoms with Crippen LogP contribution in [0.4, 0.5) is 4.79 Å². The van der Waals surface area contributed by atoms with Crippen LogP contribution >= 0.6 is 0 Å². The number of carbonyl (C=O) groups excluding carboxylic acids is 1. The number of carbonyl (C=O) groups is 1. The highest BCUT2D eigenvalue weighted by molar-refractivity contribution is 6.83. The second kappa shape index (κ2) is 6.36. The topological polar surface area (TPSA) is 49.8 Å². The molecule has 1 N–H and O–H groups in total. The predicted octanol–water partition coefficient (Wildman–Crippen LogP) is 3.71. The Morgan fingerprint density at radius 3 is 2.82 bits per heavy atom. The van der Waals surface area contributed by atoms with Crippen molar-refractivity contribution in [3.8, 4) is 0 Å². The summed E-state index contributed by atoms with van der Waals surface area (Å²) in [5.74, 6) is 0. The lowest BCUT2D eigenvalue weighted by molar-refractivity contribution is -0.0382. The van der Waals surface area contributed by atoms with Gasteiger partial charge in [0.05, 0.1) is 14.1 Å². The molecule has 0 spiro atoms. The maximum absolute atomic E-state index is 12.1. The molecule has 5 heteroatoms. The molecule has 3 atom stereocenters. The zero-order chi connectivity index (χ0) is 16.5. The van der Waals surface area contributed by atoms with E-state index in [1.165, 1.54) is 0 Å². The van der Waals surface area contributed by atoms with Crippen LogP contribution in [0.25, 0.3) is 0 Å². The summed E-state index contributed by atoms with van der Waals surface area (Å²) < 4.78 is 5.68. The molecule has 2 rings (SSSR count). The molecule has 0 saturated carbocycles. The number of hydrogen-bond donors (Lipinski definition) is 1. The Hall–Kier alpha value is -0.813. The van der Waals surface area contributed by atoms with E-state index in [1.54, 1.807) is 4.90 Å². The monoisotopic (exact) mass is 325 g/mol. The normalized spacial score (nSPS) is 30.5. The molecule has 0 aromatic carbocycles. The summed E-state index contributed by atoms with van der Waals surface area (Å²) in [6.45, 7) is 11.6. The molecule has 2 fully saturated rings. The van der Waals surface area contributed by atoms with Gasteiger partial charge in [-0.25, -0.2) is 4.79 Å². The quantitative estimate of drug-likeness (QED) is 0.598. The molecule has 2 saturated heterocycles. The average Bonchev–Trinajstić information content (AvgIpc) is 2.98. The van der Waals surface area contributed by atoms with E-state index in [9.17, 15) is 9.90 Å². The Morgan fingerprint density at radius 1 is 1.55 bits per heavy atom. The number of aliphatic hydroxyl groups excluding tert-OH is 1. The van der Waals surface area contributed by atoms with Gasteiger partial charge in [-0.05, 0) is 26.2 Å². The van der Waals surface area contributed by atoms with Crippen molar-refractivity contribution in [1.29, 1.82) is 0 Å². The number of unbranched alkanes of at least 4 members (excludes halogenated alkanes) is 2. The third-order valence-corrected chi connectivity index (χ3v) is 7.29. The van der Waals surface area contributed by atoms with Crippen molar-refractivity contribution in [3.05, 3.63) is 11.3 Å². The van der Waals surface area contributed by atoms with Crippen LogP contribution in [0.3, 0.4) is 0 Å². The van der Waals surface area contributed by atoms with Crippen LogP contribution in [0.15, 0.2) is 11.3 Å². The molecule has 126 valence electrons. The first kappa shape index (κ1) is 17.5. The van der Waals surface area contributed by atoms with E-state index in [2.05, 4.69) is 32.6 Å². The molecule has 1 unspecified atom stereocenters. The van der Waals surface area contributed by atoms with Crippen molar-refractivity contribution in [2.24, 2.45) is 0 Å². The molecule has 2 aliphatic rings. The molecule has 2 aliphatic heterocycles. The molecule has 0 bridgehead atoms. The Labute approximate surface area is 135 Å². The van der Waals surface area contributed by atoms with Crippen LogP contribution in [0.5, 0.6) is 0 Å². The molecule has 0 aromatic heterocycles. The van der Waals surface area contributed by atoms with Crippen molar-refractivity contribution in [2.75, 3.05) is 6.54 Å². The SMILES string of the molecule is CCCC/C=C(/C(O)[C@]1(C)OC(=O)N2CCC[C@H]21)[Si](C)(C)C. The van der Waals surface area contributed by atoms with Crippen molar-refractivity contribution in [1.82, 2.24) is 4.90 Å². The molecular formula is C17H31NO3Si. The minimum Gasteiger partial charge on any atom is -0.438 e. The standard InChI is InChI=1S/C17H31NO3Si/c1-6-7-8-10-13(22(3,4)5)15(19)17(2)14-11-9-12-18(14)16(20)21-17/h10,14-15,19H,6-9,11-12H2,1-5H3/b13-10-/t14-,15?,17+/m0/s1. The number of cyclic esters (lactones) is 1. The number of amides is 1. The van der Waals surface area contributed by atoms with Crippen molar-refractivity contribution >= 4 is 14.2 Å². The Kier molecular flexibility index (Phi) is 5.07. The highest BCUT2D eigenvalue weighted by atomic mass is 28.3. The molecule has 4 nitrogen and oxygen atoms in total. The van der Waals surface area contributed by atoms with Gasteiger partial charge in [0.2, 0.25) is 0 Å². The van der Waals surface area contributed by atoms with Gasteiger partial charge >= 0.3 is 6.09 Å². The minimum absolute atomic E-state index is 0.0147. The van der Waals surface area contributed by atoms with Crippen LogP contribution in [-0.4, -0.2) is 48.5 Å². The van der Waals surface area contributed by atoms with Gasteiger partial charge < -0.3 is 14.7 Å². The third-order valence-electron chi connectivity index (χ3n) is 5.08. The van der Waals surface area contributed by atoms with Crippen LogP contribution in [0.1, 0.15) is 46.0 Å². The molecular weight excluding hydrogens is 294 g/mol. The molecule has 0 radical (unpaired) electrons. The molecule has 1 amide bonds. The fourth-order valence-corrected chi connectivity index (χ4v) is 5.60. The second-order valence-corrected chi connectivity index (χ2v) is 12.9. The Morgan fingerprint density at radius 2 is 2.23 bits per heavy atom. The first-order valence-corrected chi connectivity index (χ1v) is 12.1. The van der Waals surface area contributed by atoms with Gasteiger partial charge in [-0.15, -0.1) is 0 Å². The number of aliphatic hydroxyl groups is 1. The Balaban J connectivity index is 2.28. The number of allylic oxidation sites excluding steroid dienone is 1. The first-order chi connectivity index (χ1) is 10.2. The lowest BCUT2D eigenvalue weighted by Crippen LogP contribution is -2.53. The summed E-state index contributed by atoms with van der Waals surface area (Å²) in [6.07, 6.45) is 6.47. The van der Waals surface area contributed by atoms with Crippen LogP contribution in [0, 0.1) is 0 Å². The van der Waals surface area contributed by atoms with E-state index in [0.29, 0.717) is 0 Å². The fourth-order valence-electron chi connectivity index (χ4n) is 3.73. The van der Waals surface area contributed by atoms with Crippen molar-refractivity contribution < 1.29 is 14.6 Å². The van der Waals surface area contributed by atoms with Gasteiger partial charge in [0.1, 0.15) is 6.10 Å². The molecule has 2 heterocycles. The fraction of sp³-hybridized carbons (Fsp3) is 0.824. The van der Waals surface area contributed by atoms with Crippen LogP contribution in [0.2, 0.25) is 19.6 Å². The lowest BCUT2D eigenvalue weighted by Gasteiger charge is -2.38. The number of hydrogen-bond acceptors (Lipinski definition) is 3. The van der Waals surface area contributed by atoms with Gasteiger partial charge in [0, 0.05) is 6.54 Å². The van der Waals surface area contributed by atoms with E-state index in [0.717, 1.165) is 43.8 Å². The van der Waals surface area contributed by atoms with Crippen molar-refractivity contribution in [3.63, 3.8) is 0 Å². The molecule has 22 heavy (non-hydrogen) atoms. The smallest absolute Gasteiger partial charge is 0.410 e. The Bertz CT molecular complexity index is 457. The van der Waals surface area contributed by atoms with Gasteiger partial charge in [0.25, 0.3) is 0 Å². The molecule has 0 aromatic rings. The maximum atomic E-state index is 12.1. The zero-order valence-corrected chi connectivity index (χ0v) is 15.7. The zero-order valence-electron chi connectivity index (χ0n) is 14.7. The number of nitrogens with zero attached hydrogens (tertiary/aromatic N) is 1. The summed E-state index contributed by atoms with van der Waals surface area (Å²) in [7, 11) is -1.68. The minimum atomic E-state index is -1.68. The summed E-state index contributed by atoms with van der Waals surface area (Å²) >= 11 is 0. The number of fused-ring (bicyclic) bond motifs is 1. The highest BCUT2D eigenvalue weighted by Gasteiger charge is 2.57. The summed E-state index contributed by atoms with van der Waals surface area (Å²) in [5.41, 5.74) is -0.800. The summed E-state index contributed by atoms with van der Waals surface area (Å²) in [5, 5.41) is 12.3. The van der Waals surface area contributed by atoms with E-state index in [-0.39, 0.29) is 12.1 Å². The van der Waals surface area contributed by atoms with E-state index in [1.807, 2.05) is 6.92 Å². The lowest BCUT2D eigenvalue weighted by atomic mass is 9.88. The second-order valence-electron chi connectivity index (χ2n) is 7.86. The van der Waals surface area contributed by atoms with E-state index in [4.69, 9.17) is 4.74 Å². The van der Waals surface area contributed by atoms with Gasteiger partial charge in [-0.1, -0.05) is 50.7 Å². The van der Waals surface area contributed by atoms with E-state index < -0.39 is 19.8 Å². The summed E-state index contributed by atoms with van der Waals surface area (Å²) in [4.78, 5) is 13.9. The average molecular weight is 326 g/mol. The summed E-state index contributed by atoms with van der Waals surface area (Å²) in [6, 6.07) is 0.0147. The van der Waals surface area contributed by atoms with Gasteiger partial charge in [0.15, 0.2) is 5.60 Å². The number of rotatable bonds is 6. The van der Waals surface area contributed by atoms with E-state index >= 15 is 0 Å². The van der Waals surface area contributed by atoms with Gasteiger partial charge in [-0.2, -0.15) is 0 Å². The van der Waals surface area contributed by atoms with Gasteiger partial charge in [-0.3, -0.25) is 0 Å². The molecule has 0 aliphatic carbocycles. The van der Waals surface area contributed by atoms with Crippen LogP contribution in [-0.2, 0) is 4.74 Å². The maximum Gasteiger partial charge on any atom is 0.410 e. The highest BCUT2D eigenvalue weighted by Crippen LogP contribution is 2.42. The largest absolute Gasteiger partial charge is 0.438 e. The van der Waals surface area contributed by atoms with Crippen LogP contribution < -0.4 is 0 Å². The first-order valence-electron chi connectivity index (χ1n) is 8.60. The third kappa shape index (κ3) is 3.11.